The monoisotopic (exact) mass is 605 g/mol. The topological polar surface area (TPSA) is 152 Å². The molecule has 0 spiro atoms. The lowest BCUT2D eigenvalue weighted by molar-refractivity contribution is -0.127. The third-order valence-electron chi connectivity index (χ3n) is 6.73. The molecule has 1 unspecified atom stereocenters. The van der Waals surface area contributed by atoms with Crippen LogP contribution in [-0.4, -0.2) is 63.5 Å². The number of hydrogen-bond donors (Lipinski definition) is 4. The molecule has 0 fully saturated rings. The molecule has 4 rings (SSSR count). The molecule has 13 heteroatoms. The highest BCUT2D eigenvalue weighted by Gasteiger charge is 2.54. The third kappa shape index (κ3) is 7.37. The van der Waals surface area contributed by atoms with Crippen molar-refractivity contribution in [1.82, 2.24) is 15.4 Å². The molecule has 3 aromatic carbocycles. The molecule has 3 aromatic rings. The smallest absolute Gasteiger partial charge is 0.302 e. The minimum absolute atomic E-state index is 0.101. The summed E-state index contributed by atoms with van der Waals surface area (Å²) in [5.41, 5.74) is 0.926. The van der Waals surface area contributed by atoms with Crippen molar-refractivity contribution in [2.24, 2.45) is 5.10 Å². The number of aryl methyl sites for hydroxylation is 1. The van der Waals surface area contributed by atoms with Gasteiger partial charge in [-0.15, -0.1) is 5.10 Å². The molecule has 0 aromatic heterocycles. The molecule has 3 amide bonds. The second-order valence-electron chi connectivity index (χ2n) is 10.0. The van der Waals surface area contributed by atoms with Gasteiger partial charge in [0, 0.05) is 43.5 Å². The molecule has 4 N–H and O–H groups in total. The maximum atomic E-state index is 14.1. The van der Waals surface area contributed by atoms with E-state index in [9.17, 15) is 22.8 Å². The van der Waals surface area contributed by atoms with E-state index in [1.807, 2.05) is 30.9 Å². The first kappa shape index (κ1) is 31.2. The summed E-state index contributed by atoms with van der Waals surface area (Å²) in [6.07, 6.45) is 1.11. The zero-order valence-corrected chi connectivity index (χ0v) is 25.2. The van der Waals surface area contributed by atoms with E-state index >= 15 is 0 Å². The van der Waals surface area contributed by atoms with Gasteiger partial charge < -0.3 is 20.9 Å². The molecule has 0 saturated heterocycles. The first-order valence-electron chi connectivity index (χ1n) is 13.7. The van der Waals surface area contributed by atoms with Crippen LogP contribution in [0, 0.1) is 6.92 Å². The lowest BCUT2D eigenvalue weighted by Gasteiger charge is -2.32. The van der Waals surface area contributed by atoms with Crippen molar-refractivity contribution >= 4 is 50.6 Å². The summed E-state index contributed by atoms with van der Waals surface area (Å²) in [7, 11) is -3.32. The van der Waals surface area contributed by atoms with Crippen LogP contribution in [0.15, 0.2) is 84.0 Å². The van der Waals surface area contributed by atoms with Gasteiger partial charge in [0.05, 0.1) is 11.9 Å². The van der Waals surface area contributed by atoms with Gasteiger partial charge in [-0.05, 0) is 61.9 Å². The fraction of sp³-hybridized carbons (Fsp3) is 0.267. The summed E-state index contributed by atoms with van der Waals surface area (Å²) in [6, 6.07) is 22.6. The number of likely N-dealkylation sites (N-methyl/N-ethyl adjacent to an activating group) is 1. The van der Waals surface area contributed by atoms with E-state index in [0.29, 0.717) is 30.0 Å². The zero-order chi connectivity index (χ0) is 31.2. The summed E-state index contributed by atoms with van der Waals surface area (Å²) in [5, 5.41) is 14.3. The molecule has 0 aliphatic carbocycles. The van der Waals surface area contributed by atoms with E-state index in [0.717, 1.165) is 22.5 Å². The van der Waals surface area contributed by atoms with Crippen LogP contribution < -0.4 is 30.6 Å². The number of hydrazone groups is 1. The van der Waals surface area contributed by atoms with Crippen LogP contribution in [0.25, 0.3) is 0 Å². The molecule has 1 aliphatic heterocycles. The van der Waals surface area contributed by atoms with Crippen LogP contribution >= 0.6 is 0 Å². The number of carbonyl (C=O) groups is 3. The molecule has 0 bridgehead atoms. The normalized spacial score (nSPS) is 16.4. The molecule has 1 atom stereocenters. The van der Waals surface area contributed by atoms with E-state index in [1.54, 1.807) is 66.7 Å². The molecule has 43 heavy (non-hydrogen) atoms. The predicted molar refractivity (Wildman–Crippen MR) is 167 cm³/mol. The van der Waals surface area contributed by atoms with Gasteiger partial charge in [0.1, 0.15) is 0 Å². The number of nitrogens with zero attached hydrogens (tertiary/aromatic N) is 3. The van der Waals surface area contributed by atoms with Gasteiger partial charge >= 0.3 is 5.91 Å². The van der Waals surface area contributed by atoms with Gasteiger partial charge in [-0.3, -0.25) is 14.4 Å². The molecule has 226 valence electrons. The lowest BCUT2D eigenvalue weighted by Crippen LogP contribution is -2.67. The number of nitrogens with one attached hydrogen (secondary N) is 4. The Labute approximate surface area is 251 Å². The van der Waals surface area contributed by atoms with E-state index in [1.165, 1.54) is 6.92 Å². The van der Waals surface area contributed by atoms with Crippen LogP contribution in [0.4, 0.5) is 17.1 Å². The van der Waals surface area contributed by atoms with E-state index in [2.05, 4.69) is 25.8 Å². The first-order valence-corrected chi connectivity index (χ1v) is 15.5. The summed E-state index contributed by atoms with van der Waals surface area (Å²) in [6.45, 7) is 6.38. The van der Waals surface area contributed by atoms with Crippen LogP contribution in [-0.2, 0) is 19.6 Å². The average Bonchev–Trinajstić information content (AvgIpc) is 3.22. The molecule has 12 nitrogen and oxygen atoms in total. The second kappa shape index (κ2) is 13.0. The van der Waals surface area contributed by atoms with Crippen LogP contribution in [0.5, 0.6) is 0 Å². The van der Waals surface area contributed by atoms with Crippen LogP contribution in [0.2, 0.25) is 0 Å². The summed E-state index contributed by atoms with van der Waals surface area (Å²) < 4.78 is 25.5. The molecule has 0 radical (unpaired) electrons. The van der Waals surface area contributed by atoms with Crippen LogP contribution in [0.1, 0.15) is 29.8 Å². The Hall–Kier alpha value is -4.75. The standard InChI is InChI=1S/C30H35N7O5S/c1-5-36(19-18-31-43(4,41)42)25-16-17-26(21(2)20-25)34-30(33-22(3)38)28(32-27(39)23-12-8-6-9-13-23)35-37(29(30)40)24-14-10-7-11-15-24/h6-17,20,31,34H,5,18-19H2,1-4H3,(H,33,38)(H,32,35,39). The minimum Gasteiger partial charge on any atom is -0.370 e. The molecular formula is C30H35N7O5S. The largest absolute Gasteiger partial charge is 0.370 e. The van der Waals surface area contributed by atoms with Crippen molar-refractivity contribution in [2.45, 2.75) is 26.4 Å². The average molecular weight is 606 g/mol. The Morgan fingerprint density at radius 1 is 1.00 bits per heavy atom. The Kier molecular flexibility index (Phi) is 9.46. The maximum Gasteiger partial charge on any atom is 0.302 e. The predicted octanol–water partition coefficient (Wildman–Crippen LogP) is 2.41. The van der Waals surface area contributed by atoms with Crippen molar-refractivity contribution in [3.05, 3.63) is 90.0 Å². The summed E-state index contributed by atoms with van der Waals surface area (Å²) in [4.78, 5) is 42.0. The minimum atomic E-state index is -3.32. The number of para-hydroxylation sites is 1. The lowest BCUT2D eigenvalue weighted by atomic mass is 10.0. The van der Waals surface area contributed by atoms with Crippen molar-refractivity contribution in [2.75, 3.05) is 41.1 Å². The number of sulfonamides is 1. The fourth-order valence-corrected chi connectivity index (χ4v) is 5.12. The Morgan fingerprint density at radius 2 is 1.65 bits per heavy atom. The van der Waals surface area contributed by atoms with Crippen molar-refractivity contribution < 1.29 is 22.8 Å². The van der Waals surface area contributed by atoms with Crippen molar-refractivity contribution in [3.8, 4) is 0 Å². The Morgan fingerprint density at radius 3 is 2.23 bits per heavy atom. The maximum absolute atomic E-state index is 14.1. The van der Waals surface area contributed by atoms with Gasteiger partial charge in [-0.1, -0.05) is 36.4 Å². The molecular weight excluding hydrogens is 570 g/mol. The third-order valence-corrected chi connectivity index (χ3v) is 7.45. The Bertz CT molecular complexity index is 1630. The van der Waals surface area contributed by atoms with Gasteiger partial charge in [0.25, 0.3) is 11.6 Å². The summed E-state index contributed by atoms with van der Waals surface area (Å²) >= 11 is 0. The van der Waals surface area contributed by atoms with Gasteiger partial charge in [0.15, 0.2) is 5.84 Å². The van der Waals surface area contributed by atoms with Gasteiger partial charge in [-0.2, -0.15) is 5.01 Å². The highest BCUT2D eigenvalue weighted by molar-refractivity contribution is 7.88. The number of benzene rings is 3. The van der Waals surface area contributed by atoms with Crippen molar-refractivity contribution in [3.63, 3.8) is 0 Å². The number of amides is 3. The number of carbonyl (C=O) groups excluding carboxylic acids is 3. The van der Waals surface area contributed by atoms with E-state index in [4.69, 9.17) is 0 Å². The number of amidine groups is 1. The van der Waals surface area contributed by atoms with E-state index < -0.39 is 33.4 Å². The summed E-state index contributed by atoms with van der Waals surface area (Å²) in [5.74, 6) is -1.76. The highest BCUT2D eigenvalue weighted by Crippen LogP contribution is 2.30. The highest BCUT2D eigenvalue weighted by atomic mass is 32.2. The second-order valence-corrected chi connectivity index (χ2v) is 11.9. The molecule has 0 saturated carbocycles. The van der Waals surface area contributed by atoms with Crippen LogP contribution in [0.3, 0.4) is 0 Å². The zero-order valence-electron chi connectivity index (χ0n) is 24.4. The van der Waals surface area contributed by atoms with Crippen molar-refractivity contribution in [1.29, 1.82) is 0 Å². The first-order chi connectivity index (χ1) is 20.4. The number of anilines is 3. The number of hydrogen-bond acceptors (Lipinski definition) is 8. The SMILES string of the molecule is CCN(CCNS(C)(=O)=O)c1ccc(NC2(NC(C)=O)C(=O)N(c3ccccc3)N=C2NC(=O)c2ccccc2)c(C)c1. The molecule has 1 heterocycles. The number of rotatable bonds is 11. The Balaban J connectivity index is 1.71. The molecule has 1 aliphatic rings. The quantitative estimate of drug-likeness (QED) is 0.245. The van der Waals surface area contributed by atoms with Gasteiger partial charge in [0.2, 0.25) is 15.9 Å². The fourth-order valence-electron chi connectivity index (χ4n) is 4.66. The van der Waals surface area contributed by atoms with E-state index in [-0.39, 0.29) is 12.4 Å². The van der Waals surface area contributed by atoms with Gasteiger partial charge in [-0.25, -0.2) is 13.1 Å².